The van der Waals surface area contributed by atoms with Crippen LogP contribution >= 0.6 is 27.5 Å². The zero-order valence-corrected chi connectivity index (χ0v) is 12.0. The number of halogens is 2. The molecule has 1 atom stereocenters. The molecule has 4 heteroatoms. The van der Waals surface area contributed by atoms with Crippen molar-refractivity contribution in [1.82, 2.24) is 4.90 Å². The molecule has 4 rings (SSSR count). The molecule has 0 saturated carbocycles. The molecule has 3 saturated heterocycles. The number of hydrogen-bond donors (Lipinski definition) is 1. The summed E-state index contributed by atoms with van der Waals surface area (Å²) in [6.07, 6.45) is 2.67. The molecule has 3 fully saturated rings. The molecule has 1 N–H and O–H groups in total. The van der Waals surface area contributed by atoms with E-state index in [0.717, 1.165) is 21.1 Å². The Morgan fingerprint density at radius 3 is 2.65 bits per heavy atom. The number of fused-ring (bicyclic) bond motifs is 3. The van der Waals surface area contributed by atoms with Gasteiger partial charge in [0.05, 0.1) is 0 Å². The lowest BCUT2D eigenvalue weighted by atomic mass is 9.84. The highest BCUT2D eigenvalue weighted by Gasteiger charge is 2.34. The number of nitrogens with zero attached hydrogens (tertiary/aromatic N) is 1. The summed E-state index contributed by atoms with van der Waals surface area (Å²) in [5.74, 6) is 0.836. The van der Waals surface area contributed by atoms with Crippen LogP contribution in [0.2, 0.25) is 5.02 Å². The quantitative estimate of drug-likeness (QED) is 0.897. The molecule has 3 heterocycles. The number of rotatable bonds is 2. The van der Waals surface area contributed by atoms with E-state index in [0.29, 0.717) is 6.04 Å². The maximum atomic E-state index is 5.96. The first-order valence-electron chi connectivity index (χ1n) is 6.16. The summed E-state index contributed by atoms with van der Waals surface area (Å²) in [6.45, 7) is 3.75. The molecule has 3 aliphatic heterocycles. The lowest BCUT2D eigenvalue weighted by Gasteiger charge is -2.45. The Balaban J connectivity index is 1.74. The highest BCUT2D eigenvalue weighted by atomic mass is 79.9. The van der Waals surface area contributed by atoms with E-state index in [2.05, 4.69) is 32.2 Å². The van der Waals surface area contributed by atoms with Gasteiger partial charge in [-0.05, 0) is 66.0 Å². The molecule has 0 spiro atoms. The summed E-state index contributed by atoms with van der Waals surface area (Å²) in [4.78, 5) is 2.56. The van der Waals surface area contributed by atoms with Crippen molar-refractivity contribution in [3.05, 3.63) is 27.7 Å². The van der Waals surface area contributed by atoms with Gasteiger partial charge >= 0.3 is 0 Å². The van der Waals surface area contributed by atoms with Gasteiger partial charge in [-0.1, -0.05) is 11.6 Å². The molecule has 0 aliphatic carbocycles. The maximum Gasteiger partial charge on any atom is 0.0488 e. The average Bonchev–Trinajstić information content (AvgIpc) is 2.34. The van der Waals surface area contributed by atoms with Crippen molar-refractivity contribution in [2.24, 2.45) is 5.92 Å². The number of piperidine rings is 3. The monoisotopic (exact) mass is 314 g/mol. The minimum Gasteiger partial charge on any atom is -0.380 e. The fraction of sp³-hybridized carbons (Fsp3) is 0.538. The molecule has 2 nitrogen and oxygen atoms in total. The summed E-state index contributed by atoms with van der Waals surface area (Å²) >= 11 is 9.52. The van der Waals surface area contributed by atoms with E-state index < -0.39 is 0 Å². The van der Waals surface area contributed by atoms with Gasteiger partial charge in [0.25, 0.3) is 0 Å². The van der Waals surface area contributed by atoms with Crippen LogP contribution in [0.5, 0.6) is 0 Å². The SMILES string of the molecule is Clc1ccc(NC2CN3CCC2CC3)c(Br)c1. The van der Waals surface area contributed by atoms with E-state index in [1.807, 2.05) is 12.1 Å². The summed E-state index contributed by atoms with van der Waals surface area (Å²) < 4.78 is 1.06. The molecular formula is C13H16BrClN2. The minimum atomic E-state index is 0.593. The van der Waals surface area contributed by atoms with Crippen molar-refractivity contribution in [2.45, 2.75) is 18.9 Å². The molecular weight excluding hydrogens is 300 g/mol. The second-order valence-corrected chi connectivity index (χ2v) is 6.30. The molecule has 1 unspecified atom stereocenters. The first-order valence-corrected chi connectivity index (χ1v) is 7.33. The number of anilines is 1. The van der Waals surface area contributed by atoms with Gasteiger partial charge < -0.3 is 10.2 Å². The highest BCUT2D eigenvalue weighted by molar-refractivity contribution is 9.10. The lowest BCUT2D eigenvalue weighted by Crippen LogP contribution is -2.53. The smallest absolute Gasteiger partial charge is 0.0488 e. The zero-order valence-electron chi connectivity index (χ0n) is 9.63. The zero-order chi connectivity index (χ0) is 11.8. The van der Waals surface area contributed by atoms with E-state index in [1.165, 1.54) is 32.5 Å². The molecule has 0 aromatic heterocycles. The normalized spacial score (nSPS) is 31.5. The molecule has 0 radical (unpaired) electrons. The first-order chi connectivity index (χ1) is 8.22. The third-order valence-corrected chi connectivity index (χ3v) is 4.82. The van der Waals surface area contributed by atoms with Gasteiger partial charge in [0.2, 0.25) is 0 Å². The Labute approximate surface area is 115 Å². The van der Waals surface area contributed by atoms with Crippen molar-refractivity contribution >= 4 is 33.2 Å². The van der Waals surface area contributed by atoms with Crippen LogP contribution in [0.25, 0.3) is 0 Å². The van der Waals surface area contributed by atoms with Gasteiger partial charge in [0, 0.05) is 27.8 Å². The molecule has 1 aromatic carbocycles. The van der Waals surface area contributed by atoms with Gasteiger partial charge in [0.1, 0.15) is 0 Å². The summed E-state index contributed by atoms with van der Waals surface area (Å²) in [5.41, 5.74) is 1.16. The van der Waals surface area contributed by atoms with Crippen molar-refractivity contribution < 1.29 is 0 Å². The van der Waals surface area contributed by atoms with Crippen LogP contribution in [0.1, 0.15) is 12.8 Å². The fourth-order valence-corrected chi connectivity index (χ4v) is 3.73. The maximum absolute atomic E-state index is 5.96. The van der Waals surface area contributed by atoms with E-state index in [-0.39, 0.29) is 0 Å². The van der Waals surface area contributed by atoms with Gasteiger partial charge in [-0.2, -0.15) is 0 Å². The second-order valence-electron chi connectivity index (χ2n) is 5.01. The van der Waals surface area contributed by atoms with E-state index in [1.54, 1.807) is 0 Å². The third-order valence-electron chi connectivity index (χ3n) is 3.93. The minimum absolute atomic E-state index is 0.593. The summed E-state index contributed by atoms with van der Waals surface area (Å²) in [6, 6.07) is 6.54. The van der Waals surface area contributed by atoms with Crippen molar-refractivity contribution in [3.63, 3.8) is 0 Å². The van der Waals surface area contributed by atoms with Crippen LogP contribution in [-0.2, 0) is 0 Å². The number of nitrogens with one attached hydrogen (secondary N) is 1. The predicted octanol–water partition coefficient (Wildman–Crippen LogP) is 3.61. The van der Waals surface area contributed by atoms with Gasteiger partial charge in [-0.3, -0.25) is 0 Å². The van der Waals surface area contributed by atoms with Gasteiger partial charge in [-0.25, -0.2) is 0 Å². The lowest BCUT2D eigenvalue weighted by molar-refractivity contribution is 0.0975. The van der Waals surface area contributed by atoms with Crippen LogP contribution in [-0.4, -0.2) is 30.6 Å². The Kier molecular flexibility index (Phi) is 3.33. The van der Waals surface area contributed by atoms with E-state index >= 15 is 0 Å². The van der Waals surface area contributed by atoms with Crippen molar-refractivity contribution in [2.75, 3.05) is 25.0 Å². The van der Waals surface area contributed by atoms with Crippen molar-refractivity contribution in [3.8, 4) is 0 Å². The molecule has 92 valence electrons. The molecule has 0 amide bonds. The molecule has 1 aromatic rings. The first kappa shape index (κ1) is 11.8. The topological polar surface area (TPSA) is 15.3 Å². The Morgan fingerprint density at radius 2 is 2.06 bits per heavy atom. The average molecular weight is 316 g/mol. The molecule has 3 aliphatic rings. The second kappa shape index (κ2) is 4.79. The number of benzene rings is 1. The van der Waals surface area contributed by atoms with E-state index in [9.17, 15) is 0 Å². The van der Waals surface area contributed by atoms with E-state index in [4.69, 9.17) is 11.6 Å². The standard InChI is InChI=1S/C13H16BrClN2/c14-11-7-10(15)1-2-12(11)16-13-8-17-5-3-9(13)4-6-17/h1-2,7,9,13,16H,3-6,8H2. The van der Waals surface area contributed by atoms with Crippen LogP contribution in [0.4, 0.5) is 5.69 Å². The van der Waals surface area contributed by atoms with Crippen LogP contribution < -0.4 is 5.32 Å². The van der Waals surface area contributed by atoms with Crippen LogP contribution in [0.15, 0.2) is 22.7 Å². The fourth-order valence-electron chi connectivity index (χ4n) is 2.93. The van der Waals surface area contributed by atoms with Crippen molar-refractivity contribution in [1.29, 1.82) is 0 Å². The summed E-state index contributed by atoms with van der Waals surface area (Å²) in [7, 11) is 0. The Hall–Kier alpha value is -0.250. The van der Waals surface area contributed by atoms with Crippen LogP contribution in [0, 0.1) is 5.92 Å². The molecule has 2 bridgehead atoms. The highest BCUT2D eigenvalue weighted by Crippen LogP contribution is 2.32. The van der Waals surface area contributed by atoms with Gasteiger partial charge in [0.15, 0.2) is 0 Å². The van der Waals surface area contributed by atoms with Gasteiger partial charge in [-0.15, -0.1) is 0 Å². The predicted molar refractivity (Wildman–Crippen MR) is 75.7 cm³/mol. The largest absolute Gasteiger partial charge is 0.380 e. The Morgan fingerprint density at radius 1 is 1.29 bits per heavy atom. The van der Waals surface area contributed by atoms with Crippen LogP contribution in [0.3, 0.4) is 0 Å². The summed E-state index contributed by atoms with van der Waals surface area (Å²) in [5, 5.41) is 4.43. The third kappa shape index (κ3) is 2.47. The number of hydrogen-bond acceptors (Lipinski definition) is 2. The molecule has 17 heavy (non-hydrogen) atoms. The Bertz CT molecular complexity index is 416.